The summed E-state index contributed by atoms with van der Waals surface area (Å²) in [6, 6.07) is 16.8. The van der Waals surface area contributed by atoms with Crippen LogP contribution in [-0.4, -0.2) is 16.7 Å². The second-order valence-corrected chi connectivity index (χ2v) is 6.77. The molecule has 9 heteroatoms. The van der Waals surface area contributed by atoms with Crippen molar-refractivity contribution in [1.82, 2.24) is 5.32 Å². The molecule has 2 amide bonds. The number of anilines is 1. The van der Waals surface area contributed by atoms with Gasteiger partial charge >= 0.3 is 0 Å². The van der Waals surface area contributed by atoms with Crippen molar-refractivity contribution in [3.05, 3.63) is 111 Å². The van der Waals surface area contributed by atoms with E-state index in [1.54, 1.807) is 18.2 Å². The number of halogens is 2. The monoisotopic (exact) mass is 439 g/mol. The summed E-state index contributed by atoms with van der Waals surface area (Å²) in [5.41, 5.74) is 0.494. The third-order valence-electron chi connectivity index (χ3n) is 4.07. The highest BCUT2D eigenvalue weighted by Gasteiger charge is 2.16. The van der Waals surface area contributed by atoms with Crippen molar-refractivity contribution in [1.29, 1.82) is 0 Å². The molecular formula is C22H15ClFN3O4. The highest BCUT2D eigenvalue weighted by molar-refractivity contribution is 6.31. The number of rotatable bonds is 6. The summed E-state index contributed by atoms with van der Waals surface area (Å²) in [7, 11) is 0. The minimum Gasteiger partial charge on any atom is -0.321 e. The fourth-order valence-electron chi connectivity index (χ4n) is 2.61. The van der Waals surface area contributed by atoms with Crippen LogP contribution in [0, 0.1) is 15.9 Å². The Balaban J connectivity index is 1.93. The van der Waals surface area contributed by atoms with Gasteiger partial charge in [-0.05, 0) is 54.1 Å². The number of hydrogen-bond donors (Lipinski definition) is 2. The zero-order valence-electron chi connectivity index (χ0n) is 15.8. The van der Waals surface area contributed by atoms with Gasteiger partial charge in [0.2, 0.25) is 0 Å². The van der Waals surface area contributed by atoms with Crippen LogP contribution >= 0.6 is 11.6 Å². The van der Waals surface area contributed by atoms with Gasteiger partial charge in [0.05, 0.1) is 4.92 Å². The summed E-state index contributed by atoms with van der Waals surface area (Å²) in [6.45, 7) is 0. The van der Waals surface area contributed by atoms with E-state index in [1.165, 1.54) is 60.7 Å². The Morgan fingerprint density at radius 3 is 2.39 bits per heavy atom. The third kappa shape index (κ3) is 5.97. The number of nitro benzene ring substituents is 1. The van der Waals surface area contributed by atoms with Crippen LogP contribution in [0.1, 0.15) is 15.9 Å². The molecule has 0 aromatic heterocycles. The van der Waals surface area contributed by atoms with Gasteiger partial charge in [-0.15, -0.1) is 0 Å². The van der Waals surface area contributed by atoms with Crippen LogP contribution in [0.3, 0.4) is 0 Å². The number of nitrogens with one attached hydrogen (secondary N) is 2. The molecular weight excluding hydrogens is 425 g/mol. The Labute approximate surface area is 181 Å². The van der Waals surface area contributed by atoms with Gasteiger partial charge in [-0.25, -0.2) is 4.39 Å². The fourth-order valence-corrected chi connectivity index (χ4v) is 2.80. The molecule has 0 heterocycles. The van der Waals surface area contributed by atoms with E-state index in [4.69, 9.17) is 11.6 Å². The highest BCUT2D eigenvalue weighted by Crippen LogP contribution is 2.17. The molecule has 2 N–H and O–H groups in total. The number of amides is 2. The van der Waals surface area contributed by atoms with Gasteiger partial charge in [-0.3, -0.25) is 19.7 Å². The minimum atomic E-state index is -0.700. The topological polar surface area (TPSA) is 101 Å². The summed E-state index contributed by atoms with van der Waals surface area (Å²) in [4.78, 5) is 35.9. The largest absolute Gasteiger partial charge is 0.321 e. The van der Waals surface area contributed by atoms with Crippen molar-refractivity contribution < 1.29 is 18.9 Å². The molecule has 0 aliphatic rings. The number of carbonyl (C=O) groups is 2. The molecule has 3 aromatic carbocycles. The average molecular weight is 440 g/mol. The number of benzene rings is 3. The molecule has 0 aliphatic carbocycles. The summed E-state index contributed by atoms with van der Waals surface area (Å²) in [5, 5.41) is 16.4. The van der Waals surface area contributed by atoms with Crippen LogP contribution in [0.25, 0.3) is 6.08 Å². The maximum absolute atomic E-state index is 13.1. The first-order valence-electron chi connectivity index (χ1n) is 8.92. The fraction of sp³-hybridized carbons (Fsp3) is 0. The van der Waals surface area contributed by atoms with E-state index in [9.17, 15) is 24.1 Å². The average Bonchev–Trinajstić information content (AvgIpc) is 2.75. The molecule has 0 atom stereocenters. The van der Waals surface area contributed by atoms with Crippen molar-refractivity contribution in [2.24, 2.45) is 0 Å². The van der Waals surface area contributed by atoms with Gasteiger partial charge in [0.25, 0.3) is 17.5 Å². The number of non-ortho nitro benzene ring substituents is 1. The number of nitro groups is 1. The molecule has 0 unspecified atom stereocenters. The first kappa shape index (κ1) is 21.7. The van der Waals surface area contributed by atoms with E-state index in [0.717, 1.165) is 0 Å². The summed E-state index contributed by atoms with van der Waals surface area (Å²) in [5.74, 6) is -1.78. The van der Waals surface area contributed by atoms with Crippen molar-refractivity contribution in [3.8, 4) is 0 Å². The first-order chi connectivity index (χ1) is 14.8. The quantitative estimate of drug-likeness (QED) is 0.327. The summed E-state index contributed by atoms with van der Waals surface area (Å²) >= 11 is 5.92. The molecule has 0 spiro atoms. The molecule has 0 bridgehead atoms. The van der Waals surface area contributed by atoms with Crippen LogP contribution in [0.15, 0.2) is 78.5 Å². The van der Waals surface area contributed by atoms with Crippen molar-refractivity contribution in [2.75, 3.05) is 5.32 Å². The summed E-state index contributed by atoms with van der Waals surface area (Å²) < 4.78 is 13.1. The number of hydrogen-bond acceptors (Lipinski definition) is 4. The molecule has 0 saturated carbocycles. The maximum atomic E-state index is 13.1. The number of nitrogens with zero attached hydrogens (tertiary/aromatic N) is 1. The first-order valence-corrected chi connectivity index (χ1v) is 9.29. The van der Waals surface area contributed by atoms with E-state index < -0.39 is 22.6 Å². The summed E-state index contributed by atoms with van der Waals surface area (Å²) in [6.07, 6.45) is 1.30. The molecule has 0 saturated heterocycles. The molecule has 0 radical (unpaired) electrons. The van der Waals surface area contributed by atoms with Crippen molar-refractivity contribution in [3.63, 3.8) is 0 Å². The Morgan fingerprint density at radius 2 is 1.71 bits per heavy atom. The van der Waals surface area contributed by atoms with Crippen molar-refractivity contribution in [2.45, 2.75) is 0 Å². The maximum Gasteiger partial charge on any atom is 0.272 e. The number of carbonyl (C=O) groups excluding carboxylic acids is 2. The normalized spacial score (nSPS) is 11.0. The molecule has 0 aliphatic heterocycles. The van der Waals surface area contributed by atoms with Gasteiger partial charge in [0.1, 0.15) is 11.5 Å². The zero-order valence-corrected chi connectivity index (χ0v) is 16.6. The van der Waals surface area contributed by atoms with Crippen LogP contribution < -0.4 is 10.6 Å². The van der Waals surface area contributed by atoms with Crippen molar-refractivity contribution >= 4 is 40.9 Å². The smallest absolute Gasteiger partial charge is 0.272 e. The predicted molar refractivity (Wildman–Crippen MR) is 115 cm³/mol. The Kier molecular flexibility index (Phi) is 6.74. The SMILES string of the molecule is O=C(Nc1ccc(F)cc1)/C(=C/c1cccc([N+](=O)[O-])c1)NC(=O)c1cccc(Cl)c1. The van der Waals surface area contributed by atoms with Gasteiger partial charge in [0.15, 0.2) is 0 Å². The van der Waals surface area contributed by atoms with Gasteiger partial charge < -0.3 is 10.6 Å². The lowest BCUT2D eigenvalue weighted by atomic mass is 10.1. The highest BCUT2D eigenvalue weighted by atomic mass is 35.5. The van der Waals surface area contributed by atoms with E-state index in [0.29, 0.717) is 16.3 Å². The molecule has 156 valence electrons. The minimum absolute atomic E-state index is 0.171. The van der Waals surface area contributed by atoms with E-state index in [2.05, 4.69) is 10.6 Å². The van der Waals surface area contributed by atoms with E-state index in [1.807, 2.05) is 0 Å². The van der Waals surface area contributed by atoms with E-state index >= 15 is 0 Å². The van der Waals surface area contributed by atoms with Crippen LogP contribution in [0.4, 0.5) is 15.8 Å². The van der Waals surface area contributed by atoms with Crippen LogP contribution in [-0.2, 0) is 4.79 Å². The lowest BCUT2D eigenvalue weighted by Crippen LogP contribution is -2.30. The Morgan fingerprint density at radius 1 is 1.00 bits per heavy atom. The zero-order chi connectivity index (χ0) is 22.4. The standard InChI is InChI=1S/C22H15ClFN3O4/c23-16-5-2-4-15(13-16)21(28)26-20(12-14-3-1-6-19(11-14)27(30)31)22(29)25-18-9-7-17(24)8-10-18/h1-13H,(H,25,29)(H,26,28)/b20-12-. The van der Waals surface area contributed by atoms with Crippen LogP contribution in [0.2, 0.25) is 5.02 Å². The lowest BCUT2D eigenvalue weighted by molar-refractivity contribution is -0.384. The Hall–Kier alpha value is -4.04. The second kappa shape index (κ2) is 9.64. The third-order valence-corrected chi connectivity index (χ3v) is 4.31. The van der Waals surface area contributed by atoms with Gasteiger partial charge in [-0.2, -0.15) is 0 Å². The van der Waals surface area contributed by atoms with Crippen LogP contribution in [0.5, 0.6) is 0 Å². The van der Waals surface area contributed by atoms with Gasteiger partial charge in [-0.1, -0.05) is 29.8 Å². The second-order valence-electron chi connectivity index (χ2n) is 6.34. The molecule has 0 fully saturated rings. The Bertz CT molecular complexity index is 1180. The van der Waals surface area contributed by atoms with E-state index in [-0.39, 0.29) is 16.9 Å². The lowest BCUT2D eigenvalue weighted by Gasteiger charge is -2.11. The van der Waals surface area contributed by atoms with Gasteiger partial charge in [0, 0.05) is 28.4 Å². The molecule has 3 rings (SSSR count). The molecule has 7 nitrogen and oxygen atoms in total. The predicted octanol–water partition coefficient (Wildman–Crippen LogP) is 4.80. The molecule has 3 aromatic rings. The molecule has 31 heavy (non-hydrogen) atoms.